The molecule has 42 heavy (non-hydrogen) atoms. The van der Waals surface area contributed by atoms with Crippen molar-refractivity contribution in [2.45, 2.75) is 85.5 Å². The van der Waals surface area contributed by atoms with Crippen molar-refractivity contribution < 1.29 is 43.6 Å². The van der Waals surface area contributed by atoms with Crippen molar-refractivity contribution in [1.29, 1.82) is 5.26 Å². The van der Waals surface area contributed by atoms with Crippen LogP contribution in [0, 0.1) is 18.3 Å². The predicted molar refractivity (Wildman–Crippen MR) is 166 cm³/mol. The first-order chi connectivity index (χ1) is 19.2. The Kier molecular flexibility index (Phi) is 18.0. The Morgan fingerprint density at radius 3 is 1.98 bits per heavy atom. The van der Waals surface area contributed by atoms with Crippen LogP contribution in [0.2, 0.25) is 0 Å². The van der Waals surface area contributed by atoms with E-state index in [9.17, 15) is 14.9 Å². The molecule has 0 aromatic heterocycles. The van der Waals surface area contributed by atoms with Crippen LogP contribution in [0.3, 0.4) is 0 Å². The van der Waals surface area contributed by atoms with E-state index >= 15 is 0 Å². The molecule has 0 spiro atoms. The minimum atomic E-state index is -0.833. The van der Waals surface area contributed by atoms with E-state index in [-0.39, 0.29) is 60.8 Å². The van der Waals surface area contributed by atoms with Gasteiger partial charge in [-0.2, -0.15) is 5.26 Å². The lowest BCUT2D eigenvalue weighted by molar-refractivity contribution is -0.169. The van der Waals surface area contributed by atoms with E-state index in [1.165, 1.54) is 19.4 Å². The van der Waals surface area contributed by atoms with Crippen LogP contribution in [-0.2, 0) is 46.2 Å². The lowest BCUT2D eigenvalue weighted by atomic mass is 9.89. The maximum Gasteiger partial charge on any atom is 0.302 e. The summed E-state index contributed by atoms with van der Waals surface area (Å²) in [7, 11) is 0. The molecule has 10 nitrogen and oxygen atoms in total. The highest BCUT2D eigenvalue weighted by molar-refractivity contribution is 14.0. The summed E-state index contributed by atoms with van der Waals surface area (Å²) in [4.78, 5) is 40.9. The summed E-state index contributed by atoms with van der Waals surface area (Å²) in [5.41, 5.74) is 5.82. The number of hydrogen-bond acceptors (Lipinski definition) is 8. The minimum Gasteiger partial charge on any atom is -0.481 e. The van der Waals surface area contributed by atoms with E-state index in [1.54, 1.807) is 0 Å². The molecule has 1 fully saturated rings. The van der Waals surface area contributed by atoms with Crippen LogP contribution in [0.4, 0.5) is 0 Å². The van der Waals surface area contributed by atoms with Crippen molar-refractivity contribution in [3.8, 4) is 6.07 Å². The van der Waals surface area contributed by atoms with Gasteiger partial charge in [0.15, 0.2) is 0 Å². The number of carboxylic acids is 2. The Labute approximate surface area is 264 Å². The normalized spacial score (nSPS) is 16.9. The SMILES string of the molecule is CC(=O)O.CC(=O)O.CCc1ccc(Cc2cc([C@H]3C[C@@H](OC(C)=O)C[C@@H](COC(C)=O)O3)cc(C)c2C#N)cc1.I. The summed E-state index contributed by atoms with van der Waals surface area (Å²) in [6.45, 7) is 9.06. The Morgan fingerprint density at radius 2 is 1.50 bits per heavy atom. The quantitative estimate of drug-likeness (QED) is 0.278. The number of aryl methyl sites for hydroxylation is 2. The molecule has 2 aromatic rings. The highest BCUT2D eigenvalue weighted by Crippen LogP contribution is 2.35. The van der Waals surface area contributed by atoms with Crippen molar-refractivity contribution in [2.75, 3.05) is 6.61 Å². The second-order valence-corrected chi connectivity index (χ2v) is 9.62. The number of carbonyl (C=O) groups excluding carboxylic acids is 2. The lowest BCUT2D eigenvalue weighted by Crippen LogP contribution is -2.37. The molecule has 0 bridgehead atoms. The molecule has 1 saturated heterocycles. The molecule has 3 rings (SSSR count). The smallest absolute Gasteiger partial charge is 0.302 e. The van der Waals surface area contributed by atoms with Gasteiger partial charge in [0.2, 0.25) is 0 Å². The standard InChI is InChI=1S/C27H31NO5.2C2H4O2.HI/c1-5-20-6-8-21(9-7-20)11-22-12-23(10-17(2)26(22)15-28)27-14-24(32-19(4)30)13-25(33-27)16-31-18(3)29;2*1-2(3)4;/h6-10,12,24-25,27H,5,11,13-14,16H2,1-4H3;2*1H3,(H,3,4);1H/t24-,25-,27+;;;/m0.../s1. The number of nitriles is 1. The van der Waals surface area contributed by atoms with Gasteiger partial charge < -0.3 is 24.4 Å². The number of carboxylic acid groups (broad SMARTS) is 2. The first-order valence-corrected chi connectivity index (χ1v) is 13.2. The van der Waals surface area contributed by atoms with E-state index in [2.05, 4.69) is 37.3 Å². The fraction of sp³-hybridized carbons (Fsp3) is 0.452. The molecular formula is C31H40INO9. The first-order valence-electron chi connectivity index (χ1n) is 13.2. The number of nitrogens with zero attached hydrogens (tertiary/aromatic N) is 1. The molecule has 1 heterocycles. The predicted octanol–water partition coefficient (Wildman–Crippen LogP) is 5.53. The fourth-order valence-electron chi connectivity index (χ4n) is 4.32. The summed E-state index contributed by atoms with van der Waals surface area (Å²) in [5.74, 6) is -2.39. The highest BCUT2D eigenvalue weighted by atomic mass is 127. The van der Waals surface area contributed by atoms with Crippen LogP contribution >= 0.6 is 24.0 Å². The van der Waals surface area contributed by atoms with Gasteiger partial charge in [-0.05, 0) is 47.6 Å². The molecular weight excluding hydrogens is 657 g/mol. The topological polar surface area (TPSA) is 160 Å². The third-order valence-corrected chi connectivity index (χ3v) is 5.91. The van der Waals surface area contributed by atoms with Crippen LogP contribution in [0.1, 0.15) is 86.9 Å². The number of ether oxygens (including phenoxy) is 3. The molecule has 0 unspecified atom stereocenters. The van der Waals surface area contributed by atoms with Crippen molar-refractivity contribution >= 4 is 47.9 Å². The summed E-state index contributed by atoms with van der Waals surface area (Å²) in [6, 6.07) is 14.8. The fourth-order valence-corrected chi connectivity index (χ4v) is 4.32. The van der Waals surface area contributed by atoms with Gasteiger partial charge in [-0.25, -0.2) is 0 Å². The number of hydrogen-bond donors (Lipinski definition) is 2. The van der Waals surface area contributed by atoms with Gasteiger partial charge >= 0.3 is 11.9 Å². The van der Waals surface area contributed by atoms with Gasteiger partial charge in [0.05, 0.1) is 23.8 Å². The molecule has 1 aliphatic rings. The number of aliphatic carboxylic acids is 2. The van der Waals surface area contributed by atoms with Crippen molar-refractivity contribution in [2.24, 2.45) is 0 Å². The zero-order chi connectivity index (χ0) is 31.1. The van der Waals surface area contributed by atoms with Crippen molar-refractivity contribution in [1.82, 2.24) is 0 Å². The molecule has 0 amide bonds. The Morgan fingerprint density at radius 1 is 0.952 bits per heavy atom. The molecule has 0 aliphatic carbocycles. The van der Waals surface area contributed by atoms with Gasteiger partial charge in [0.25, 0.3) is 11.9 Å². The third kappa shape index (κ3) is 14.9. The van der Waals surface area contributed by atoms with Crippen LogP contribution in [-0.4, -0.2) is 52.9 Å². The molecule has 0 radical (unpaired) electrons. The van der Waals surface area contributed by atoms with Crippen LogP contribution in [0.5, 0.6) is 0 Å². The Hall–Kier alpha value is -3.50. The molecule has 2 aromatic carbocycles. The maximum absolute atomic E-state index is 11.6. The van der Waals surface area contributed by atoms with Crippen molar-refractivity contribution in [3.63, 3.8) is 0 Å². The van der Waals surface area contributed by atoms with E-state index < -0.39 is 11.9 Å². The lowest BCUT2D eigenvalue weighted by Gasteiger charge is -2.35. The monoisotopic (exact) mass is 697 g/mol. The Balaban J connectivity index is 0.00000166. The summed E-state index contributed by atoms with van der Waals surface area (Å²) in [6.07, 6.45) is 1.55. The summed E-state index contributed by atoms with van der Waals surface area (Å²) >= 11 is 0. The zero-order valence-corrected chi connectivity index (χ0v) is 27.2. The molecule has 0 saturated carbocycles. The molecule has 3 atom stereocenters. The number of rotatable bonds is 7. The highest BCUT2D eigenvalue weighted by Gasteiger charge is 2.33. The van der Waals surface area contributed by atoms with E-state index in [1.807, 2.05) is 19.1 Å². The number of esters is 2. The van der Waals surface area contributed by atoms with Gasteiger partial charge in [0, 0.05) is 40.5 Å². The minimum absolute atomic E-state index is 0. The largest absolute Gasteiger partial charge is 0.481 e. The van der Waals surface area contributed by atoms with Crippen LogP contribution < -0.4 is 0 Å². The molecule has 1 aliphatic heterocycles. The van der Waals surface area contributed by atoms with E-state index in [0.717, 1.165) is 42.5 Å². The molecule has 230 valence electrons. The second-order valence-electron chi connectivity index (χ2n) is 9.62. The van der Waals surface area contributed by atoms with Crippen LogP contribution in [0.25, 0.3) is 0 Å². The number of benzene rings is 2. The summed E-state index contributed by atoms with van der Waals surface area (Å²) in [5, 5.41) is 24.6. The number of carbonyl (C=O) groups is 4. The van der Waals surface area contributed by atoms with Gasteiger partial charge in [-0.3, -0.25) is 19.2 Å². The van der Waals surface area contributed by atoms with E-state index in [4.69, 9.17) is 34.0 Å². The Bertz CT molecular complexity index is 1220. The average Bonchev–Trinajstić information content (AvgIpc) is 2.86. The van der Waals surface area contributed by atoms with Gasteiger partial charge in [0.1, 0.15) is 12.7 Å². The average molecular weight is 698 g/mol. The van der Waals surface area contributed by atoms with E-state index in [0.29, 0.717) is 24.8 Å². The first kappa shape index (κ1) is 38.5. The number of halogens is 1. The van der Waals surface area contributed by atoms with Gasteiger partial charge in [-0.1, -0.05) is 43.3 Å². The zero-order valence-electron chi connectivity index (χ0n) is 24.8. The molecule has 2 N–H and O–H groups in total. The van der Waals surface area contributed by atoms with Gasteiger partial charge in [-0.15, -0.1) is 24.0 Å². The maximum atomic E-state index is 11.6. The summed E-state index contributed by atoms with van der Waals surface area (Å²) < 4.78 is 16.9. The second kappa shape index (κ2) is 19.6. The van der Waals surface area contributed by atoms with Crippen LogP contribution in [0.15, 0.2) is 36.4 Å². The third-order valence-electron chi connectivity index (χ3n) is 5.91. The van der Waals surface area contributed by atoms with Crippen molar-refractivity contribution in [3.05, 3.63) is 69.8 Å². The molecule has 11 heteroatoms.